The molecule has 3 N–H and O–H groups in total. The van der Waals surface area contributed by atoms with Gasteiger partial charge in [-0.3, -0.25) is 4.79 Å². The van der Waals surface area contributed by atoms with E-state index in [2.05, 4.69) is 10.1 Å². The highest BCUT2D eigenvalue weighted by molar-refractivity contribution is 5.76. The summed E-state index contributed by atoms with van der Waals surface area (Å²) >= 11 is 0. The number of carbonyl (C=O) groups excluding carboxylic acids is 1. The maximum atomic E-state index is 13.1. The molecule has 158 valence electrons. The number of alkyl halides is 2. The first-order valence-corrected chi connectivity index (χ1v) is 9.27. The predicted octanol–water partition coefficient (Wildman–Crippen LogP) is 3.01. The largest absolute Gasteiger partial charge is 0.493 e. The summed E-state index contributed by atoms with van der Waals surface area (Å²) in [5.74, 6) is -0.122. The first-order valence-electron chi connectivity index (χ1n) is 9.27. The molecule has 0 bridgehead atoms. The molecule has 0 unspecified atom stereocenters. The maximum absolute atomic E-state index is 13.1. The molecule has 0 fully saturated rings. The van der Waals surface area contributed by atoms with E-state index in [0.29, 0.717) is 5.56 Å². The fraction of sp³-hybridized carbons (Fsp3) is 0.381. The SMILES string of the molecule is COc1cc(CNC(=O)C[NH2+][C@@H](c2ccc(F)cc2)C(C)C)ccc1OC(F)F. The average molecular weight is 411 g/mol. The normalized spacial score (nSPS) is 12.1. The van der Waals surface area contributed by atoms with Gasteiger partial charge in [0.25, 0.3) is 5.91 Å². The van der Waals surface area contributed by atoms with Crippen LogP contribution >= 0.6 is 0 Å². The van der Waals surface area contributed by atoms with Crippen LogP contribution in [-0.4, -0.2) is 26.2 Å². The Labute approximate surface area is 168 Å². The summed E-state index contributed by atoms with van der Waals surface area (Å²) in [6.45, 7) is 1.56. The van der Waals surface area contributed by atoms with Crippen molar-refractivity contribution >= 4 is 5.91 Å². The summed E-state index contributed by atoms with van der Waals surface area (Å²) in [5.41, 5.74) is 1.64. The van der Waals surface area contributed by atoms with E-state index in [1.165, 1.54) is 31.4 Å². The molecule has 0 saturated carbocycles. The van der Waals surface area contributed by atoms with Gasteiger partial charge in [-0.15, -0.1) is 0 Å². The van der Waals surface area contributed by atoms with Crippen molar-refractivity contribution in [1.29, 1.82) is 0 Å². The molecule has 2 aromatic rings. The summed E-state index contributed by atoms with van der Waals surface area (Å²) in [6, 6.07) is 10.8. The summed E-state index contributed by atoms with van der Waals surface area (Å²) < 4.78 is 47.3. The second-order valence-corrected chi connectivity index (χ2v) is 6.90. The molecule has 29 heavy (non-hydrogen) atoms. The molecule has 0 aliphatic heterocycles. The zero-order chi connectivity index (χ0) is 21.4. The number of nitrogens with two attached hydrogens (primary N) is 1. The Hall–Kier alpha value is -2.74. The number of hydrogen-bond acceptors (Lipinski definition) is 3. The molecule has 1 amide bonds. The van der Waals surface area contributed by atoms with E-state index in [0.717, 1.165) is 5.56 Å². The van der Waals surface area contributed by atoms with Crippen molar-refractivity contribution in [2.75, 3.05) is 13.7 Å². The molecule has 0 spiro atoms. The molecule has 0 heterocycles. The van der Waals surface area contributed by atoms with Crippen LogP contribution in [0, 0.1) is 11.7 Å². The van der Waals surface area contributed by atoms with Gasteiger partial charge >= 0.3 is 6.61 Å². The van der Waals surface area contributed by atoms with Crippen molar-refractivity contribution in [3.8, 4) is 11.5 Å². The van der Waals surface area contributed by atoms with Gasteiger partial charge in [0.05, 0.1) is 7.11 Å². The summed E-state index contributed by atoms with van der Waals surface area (Å²) in [7, 11) is 1.35. The molecule has 0 saturated heterocycles. The number of rotatable bonds is 10. The number of halogens is 3. The molecule has 0 aliphatic rings. The predicted molar refractivity (Wildman–Crippen MR) is 102 cm³/mol. The van der Waals surface area contributed by atoms with Crippen LogP contribution in [0.4, 0.5) is 13.2 Å². The number of ether oxygens (including phenoxy) is 2. The van der Waals surface area contributed by atoms with Crippen molar-refractivity contribution in [1.82, 2.24) is 5.32 Å². The van der Waals surface area contributed by atoms with Crippen LogP contribution in [0.3, 0.4) is 0 Å². The van der Waals surface area contributed by atoms with E-state index in [1.807, 2.05) is 19.2 Å². The third kappa shape index (κ3) is 6.98. The summed E-state index contributed by atoms with van der Waals surface area (Å²) in [5, 5.41) is 4.70. The highest BCUT2D eigenvalue weighted by atomic mass is 19.3. The molecule has 0 aromatic heterocycles. The number of benzene rings is 2. The number of carbonyl (C=O) groups is 1. The molecule has 8 heteroatoms. The molecule has 1 atom stereocenters. The molecule has 0 aliphatic carbocycles. The van der Waals surface area contributed by atoms with Gasteiger partial charge in [-0.05, 0) is 29.8 Å². The zero-order valence-electron chi connectivity index (χ0n) is 16.6. The van der Waals surface area contributed by atoms with E-state index in [9.17, 15) is 18.0 Å². The zero-order valence-corrected chi connectivity index (χ0v) is 16.6. The van der Waals surface area contributed by atoms with Gasteiger partial charge in [-0.25, -0.2) is 4.39 Å². The highest BCUT2D eigenvalue weighted by Crippen LogP contribution is 2.29. The van der Waals surface area contributed by atoms with E-state index in [-0.39, 0.29) is 48.3 Å². The van der Waals surface area contributed by atoms with Gasteiger partial charge in [0, 0.05) is 18.0 Å². The fourth-order valence-corrected chi connectivity index (χ4v) is 3.00. The van der Waals surface area contributed by atoms with Gasteiger partial charge in [0.2, 0.25) is 0 Å². The third-order valence-electron chi connectivity index (χ3n) is 4.46. The molecule has 5 nitrogen and oxygen atoms in total. The second kappa shape index (κ2) is 10.7. The van der Waals surface area contributed by atoms with Crippen molar-refractivity contribution in [3.63, 3.8) is 0 Å². The lowest BCUT2D eigenvalue weighted by Crippen LogP contribution is -2.88. The quantitative estimate of drug-likeness (QED) is 0.632. The van der Waals surface area contributed by atoms with Crippen LogP contribution in [-0.2, 0) is 11.3 Å². The Balaban J connectivity index is 1.91. The van der Waals surface area contributed by atoms with Crippen molar-refractivity contribution < 1.29 is 32.8 Å². The van der Waals surface area contributed by atoms with Crippen molar-refractivity contribution in [2.45, 2.75) is 33.0 Å². The van der Waals surface area contributed by atoms with Crippen molar-refractivity contribution in [2.24, 2.45) is 5.92 Å². The topological polar surface area (TPSA) is 64.2 Å². The minimum atomic E-state index is -2.94. The summed E-state index contributed by atoms with van der Waals surface area (Å²) in [4.78, 5) is 12.2. The van der Waals surface area contributed by atoms with Gasteiger partial charge in [-0.2, -0.15) is 8.78 Å². The number of nitrogens with one attached hydrogen (secondary N) is 1. The monoisotopic (exact) mass is 411 g/mol. The van der Waals surface area contributed by atoms with Crippen LogP contribution in [0.25, 0.3) is 0 Å². The minimum Gasteiger partial charge on any atom is -0.493 e. The molecular weight excluding hydrogens is 385 g/mol. The van der Waals surface area contributed by atoms with E-state index < -0.39 is 6.61 Å². The van der Waals surface area contributed by atoms with Crippen LogP contribution < -0.4 is 20.1 Å². The number of quaternary nitrogens is 1. The van der Waals surface area contributed by atoms with Gasteiger partial charge < -0.3 is 20.1 Å². The molecular formula is C21H26F3N2O3+. The van der Waals surface area contributed by atoms with Crippen LogP contribution in [0.1, 0.15) is 31.0 Å². The Bertz CT molecular complexity index is 798. The van der Waals surface area contributed by atoms with Gasteiger partial charge in [0.15, 0.2) is 18.0 Å². The number of amides is 1. The highest BCUT2D eigenvalue weighted by Gasteiger charge is 2.20. The first-order chi connectivity index (χ1) is 13.8. The molecule has 0 radical (unpaired) electrons. The van der Waals surface area contributed by atoms with Gasteiger partial charge in [-0.1, -0.05) is 32.0 Å². The lowest BCUT2D eigenvalue weighted by molar-refractivity contribution is -0.692. The lowest BCUT2D eigenvalue weighted by atomic mass is 9.96. The smallest absolute Gasteiger partial charge is 0.387 e. The Morgan fingerprint density at radius 3 is 2.38 bits per heavy atom. The molecule has 2 rings (SSSR count). The third-order valence-corrected chi connectivity index (χ3v) is 4.46. The maximum Gasteiger partial charge on any atom is 0.387 e. The fourth-order valence-electron chi connectivity index (χ4n) is 3.00. The van der Waals surface area contributed by atoms with E-state index in [1.54, 1.807) is 18.2 Å². The standard InChI is InChI=1S/C21H25F3N2O3/c1-13(2)20(15-5-7-16(22)8-6-15)26-12-19(27)25-11-14-4-9-17(29-21(23)24)18(10-14)28-3/h4-10,13,20-21,26H,11-12H2,1-3H3,(H,25,27)/p+1/t20-/m1/s1. The van der Waals surface area contributed by atoms with Crippen LogP contribution in [0.15, 0.2) is 42.5 Å². The second-order valence-electron chi connectivity index (χ2n) is 6.90. The minimum absolute atomic E-state index is 0.0206. The Morgan fingerprint density at radius 2 is 1.79 bits per heavy atom. The van der Waals surface area contributed by atoms with Crippen molar-refractivity contribution in [3.05, 3.63) is 59.4 Å². The number of methoxy groups -OCH3 is 1. The Kier molecular flexibility index (Phi) is 8.33. The molecule has 2 aromatic carbocycles. The van der Waals surface area contributed by atoms with E-state index >= 15 is 0 Å². The van der Waals surface area contributed by atoms with Crippen LogP contribution in [0.5, 0.6) is 11.5 Å². The summed E-state index contributed by atoms with van der Waals surface area (Å²) in [6.07, 6.45) is 0. The first kappa shape index (κ1) is 22.5. The average Bonchev–Trinajstić information content (AvgIpc) is 2.68. The van der Waals surface area contributed by atoms with E-state index in [4.69, 9.17) is 4.74 Å². The lowest BCUT2D eigenvalue weighted by Gasteiger charge is -2.19. The number of hydrogen-bond donors (Lipinski definition) is 2. The Morgan fingerprint density at radius 1 is 1.10 bits per heavy atom. The van der Waals surface area contributed by atoms with Crippen LogP contribution in [0.2, 0.25) is 0 Å². The van der Waals surface area contributed by atoms with Gasteiger partial charge in [0.1, 0.15) is 11.9 Å².